The normalized spacial score (nSPS) is 11.1. The molecule has 0 atom stereocenters. The van der Waals surface area contributed by atoms with E-state index in [0.29, 0.717) is 28.5 Å². The van der Waals surface area contributed by atoms with Crippen LogP contribution in [0.2, 0.25) is 0 Å². The van der Waals surface area contributed by atoms with Gasteiger partial charge in [0.2, 0.25) is 0 Å². The molecule has 5 aromatic rings. The first-order chi connectivity index (χ1) is 13.8. The van der Waals surface area contributed by atoms with Crippen LogP contribution in [0.15, 0.2) is 88.1 Å². The van der Waals surface area contributed by atoms with E-state index in [2.05, 4.69) is 4.98 Å². The molecule has 0 spiro atoms. The Balaban J connectivity index is 1.48. The molecule has 2 heterocycles. The van der Waals surface area contributed by atoms with Crippen LogP contribution in [0.4, 0.5) is 0 Å². The molecular formula is C23H15NO3S. The van der Waals surface area contributed by atoms with Crippen molar-refractivity contribution in [3.05, 3.63) is 94.8 Å². The van der Waals surface area contributed by atoms with Gasteiger partial charge in [0.15, 0.2) is 0 Å². The third-order valence-electron chi connectivity index (χ3n) is 4.48. The first-order valence-electron chi connectivity index (χ1n) is 8.87. The molecule has 5 rings (SSSR count). The molecule has 0 aliphatic rings. The van der Waals surface area contributed by atoms with Crippen LogP contribution in [0.25, 0.3) is 31.8 Å². The van der Waals surface area contributed by atoms with Crippen molar-refractivity contribution in [3.63, 3.8) is 0 Å². The summed E-state index contributed by atoms with van der Waals surface area (Å²) in [6.07, 6.45) is 0. The zero-order valence-electron chi connectivity index (χ0n) is 14.8. The third kappa shape index (κ3) is 3.17. The van der Waals surface area contributed by atoms with Gasteiger partial charge in [-0.15, -0.1) is 11.3 Å². The first kappa shape index (κ1) is 16.7. The molecule has 0 N–H and O–H groups in total. The minimum absolute atomic E-state index is 0.397. The largest absolute Gasteiger partial charge is 0.489 e. The molecule has 0 unspecified atom stereocenters. The van der Waals surface area contributed by atoms with Gasteiger partial charge in [0, 0.05) is 11.5 Å². The lowest BCUT2D eigenvalue weighted by Gasteiger charge is -2.07. The van der Waals surface area contributed by atoms with Crippen molar-refractivity contribution in [2.24, 2.45) is 0 Å². The Morgan fingerprint density at radius 3 is 2.61 bits per heavy atom. The molecular weight excluding hydrogens is 370 g/mol. The van der Waals surface area contributed by atoms with E-state index >= 15 is 0 Å². The number of ether oxygens (including phenoxy) is 1. The van der Waals surface area contributed by atoms with Gasteiger partial charge >= 0.3 is 5.63 Å². The summed E-state index contributed by atoms with van der Waals surface area (Å²) in [4.78, 5) is 17.1. The molecule has 0 fully saturated rings. The molecule has 4 nitrogen and oxygen atoms in total. The van der Waals surface area contributed by atoms with Crippen LogP contribution in [0, 0.1) is 0 Å². The summed E-state index contributed by atoms with van der Waals surface area (Å²) >= 11 is 1.49. The van der Waals surface area contributed by atoms with Crippen LogP contribution < -0.4 is 10.4 Å². The van der Waals surface area contributed by atoms with E-state index in [4.69, 9.17) is 9.15 Å². The summed E-state index contributed by atoms with van der Waals surface area (Å²) in [5.41, 5.74) is 2.54. The molecule has 5 heteroatoms. The van der Waals surface area contributed by atoms with Crippen LogP contribution in [-0.4, -0.2) is 4.98 Å². The van der Waals surface area contributed by atoms with Crippen LogP contribution in [-0.2, 0) is 6.61 Å². The average Bonchev–Trinajstić information content (AvgIpc) is 3.16. The van der Waals surface area contributed by atoms with E-state index in [9.17, 15) is 4.79 Å². The van der Waals surface area contributed by atoms with E-state index in [1.807, 2.05) is 72.8 Å². The number of rotatable bonds is 4. The van der Waals surface area contributed by atoms with Crippen LogP contribution >= 0.6 is 11.3 Å². The molecule has 136 valence electrons. The predicted octanol–water partition coefficient (Wildman–Crippen LogP) is 5.65. The van der Waals surface area contributed by atoms with E-state index in [1.54, 1.807) is 6.07 Å². The highest BCUT2D eigenvalue weighted by atomic mass is 32.1. The van der Waals surface area contributed by atoms with E-state index < -0.39 is 5.63 Å². The van der Waals surface area contributed by atoms with Gasteiger partial charge in [0.05, 0.1) is 15.8 Å². The Kier molecular flexibility index (Phi) is 4.14. The lowest BCUT2D eigenvalue weighted by molar-refractivity contribution is 0.306. The lowest BCUT2D eigenvalue weighted by atomic mass is 10.2. The fraction of sp³-hybridized carbons (Fsp3) is 0.0435. The van der Waals surface area contributed by atoms with Crippen molar-refractivity contribution in [1.29, 1.82) is 0 Å². The van der Waals surface area contributed by atoms with Gasteiger partial charge in [0.25, 0.3) is 0 Å². The summed E-state index contributed by atoms with van der Waals surface area (Å²) in [5, 5.41) is 1.50. The van der Waals surface area contributed by atoms with Gasteiger partial charge in [-0.2, -0.15) is 0 Å². The smallest absolute Gasteiger partial charge is 0.346 e. The number of hydrogen-bond donors (Lipinski definition) is 0. The number of hydrogen-bond acceptors (Lipinski definition) is 5. The van der Waals surface area contributed by atoms with Gasteiger partial charge in [-0.05, 0) is 35.9 Å². The first-order valence-corrected chi connectivity index (χ1v) is 9.68. The highest BCUT2D eigenvalue weighted by Crippen LogP contribution is 2.30. The Morgan fingerprint density at radius 1 is 0.929 bits per heavy atom. The zero-order valence-corrected chi connectivity index (χ0v) is 15.6. The molecule has 28 heavy (non-hydrogen) atoms. The molecule has 0 saturated carbocycles. The Hall–Kier alpha value is -3.44. The molecule has 3 aromatic carbocycles. The second kappa shape index (κ2) is 6.94. The minimum Gasteiger partial charge on any atom is -0.489 e. The summed E-state index contributed by atoms with van der Waals surface area (Å²) in [5.74, 6) is 0.659. The maximum Gasteiger partial charge on any atom is 0.346 e. The number of thiazole rings is 1. The predicted molar refractivity (Wildman–Crippen MR) is 112 cm³/mol. The molecule has 0 aliphatic heterocycles. The number of fused-ring (bicyclic) bond motifs is 2. The van der Waals surface area contributed by atoms with E-state index in [-0.39, 0.29) is 0 Å². The highest BCUT2D eigenvalue weighted by Gasteiger charge is 2.13. The molecule has 0 saturated heterocycles. The second-order valence-electron chi connectivity index (χ2n) is 6.41. The SMILES string of the molecule is O=c1oc2cc(OCc3ccccc3)ccc2cc1-c1nc2ccccc2s1. The van der Waals surface area contributed by atoms with Crippen molar-refractivity contribution >= 4 is 32.5 Å². The Labute approximate surface area is 164 Å². The van der Waals surface area contributed by atoms with Crippen molar-refractivity contribution in [1.82, 2.24) is 4.98 Å². The quantitative estimate of drug-likeness (QED) is 0.375. The van der Waals surface area contributed by atoms with Crippen molar-refractivity contribution in [3.8, 4) is 16.3 Å². The second-order valence-corrected chi connectivity index (χ2v) is 7.44. The van der Waals surface area contributed by atoms with Crippen molar-refractivity contribution in [2.75, 3.05) is 0 Å². The molecule has 0 amide bonds. The van der Waals surface area contributed by atoms with Crippen LogP contribution in [0.5, 0.6) is 5.75 Å². The van der Waals surface area contributed by atoms with Crippen molar-refractivity contribution < 1.29 is 9.15 Å². The van der Waals surface area contributed by atoms with E-state index in [0.717, 1.165) is 21.2 Å². The fourth-order valence-electron chi connectivity index (χ4n) is 3.06. The number of para-hydroxylation sites is 1. The maximum absolute atomic E-state index is 12.6. The van der Waals surface area contributed by atoms with Crippen LogP contribution in [0.1, 0.15) is 5.56 Å². The van der Waals surface area contributed by atoms with Gasteiger partial charge in [0.1, 0.15) is 22.9 Å². The van der Waals surface area contributed by atoms with Gasteiger partial charge < -0.3 is 9.15 Å². The Bertz CT molecular complexity index is 1310. The van der Waals surface area contributed by atoms with Gasteiger partial charge in [-0.3, -0.25) is 0 Å². The topological polar surface area (TPSA) is 52.3 Å². The summed E-state index contributed by atoms with van der Waals surface area (Å²) in [7, 11) is 0. The fourth-order valence-corrected chi connectivity index (χ4v) is 4.03. The highest BCUT2D eigenvalue weighted by molar-refractivity contribution is 7.21. The maximum atomic E-state index is 12.6. The summed E-state index contributed by atoms with van der Waals surface area (Å²) in [6.45, 7) is 0.459. The molecule has 0 bridgehead atoms. The monoisotopic (exact) mass is 385 g/mol. The number of benzene rings is 3. The summed E-state index contributed by atoms with van der Waals surface area (Å²) in [6, 6.07) is 25.1. The Morgan fingerprint density at radius 2 is 1.75 bits per heavy atom. The molecule has 0 radical (unpaired) electrons. The average molecular weight is 385 g/mol. The minimum atomic E-state index is -0.397. The third-order valence-corrected chi connectivity index (χ3v) is 5.55. The van der Waals surface area contributed by atoms with Crippen molar-refractivity contribution in [2.45, 2.75) is 6.61 Å². The molecule has 0 aliphatic carbocycles. The number of nitrogens with zero attached hydrogens (tertiary/aromatic N) is 1. The van der Waals surface area contributed by atoms with E-state index in [1.165, 1.54) is 11.3 Å². The van der Waals surface area contributed by atoms with Gasteiger partial charge in [-0.25, -0.2) is 9.78 Å². The van der Waals surface area contributed by atoms with Gasteiger partial charge in [-0.1, -0.05) is 42.5 Å². The van der Waals surface area contributed by atoms with Crippen LogP contribution in [0.3, 0.4) is 0 Å². The number of aromatic nitrogens is 1. The standard InChI is InChI=1S/C23H15NO3S/c25-23-18(22-24-19-8-4-5-9-21(19)28-22)12-16-10-11-17(13-20(16)27-23)26-14-15-6-2-1-3-7-15/h1-13H,14H2. The summed E-state index contributed by atoms with van der Waals surface area (Å²) < 4.78 is 12.4. The molecule has 2 aromatic heterocycles. The zero-order chi connectivity index (χ0) is 18.9. The lowest BCUT2D eigenvalue weighted by Crippen LogP contribution is -2.02.